The summed E-state index contributed by atoms with van der Waals surface area (Å²) in [6.45, 7) is 2.20. The molecule has 3 aromatic rings. The number of para-hydroxylation sites is 1. The van der Waals surface area contributed by atoms with Crippen LogP contribution in [0, 0.1) is 0 Å². The number of nitrogens with zero attached hydrogens (tertiary/aromatic N) is 4. The molecule has 0 amide bonds. The molecular weight excluding hydrogens is 382 g/mol. The van der Waals surface area contributed by atoms with Gasteiger partial charge in [0.15, 0.2) is 10.9 Å². The van der Waals surface area contributed by atoms with E-state index in [1.165, 1.54) is 18.7 Å². The summed E-state index contributed by atoms with van der Waals surface area (Å²) in [4.78, 5) is 54.0. The van der Waals surface area contributed by atoms with Crippen molar-refractivity contribution in [1.82, 2.24) is 18.7 Å². The fraction of sp³-hybridized carbons (Fsp3) is 0.278. The van der Waals surface area contributed by atoms with Crippen LogP contribution < -0.4 is 22.5 Å². The van der Waals surface area contributed by atoms with Crippen LogP contribution in [0.15, 0.2) is 43.8 Å². The van der Waals surface area contributed by atoms with E-state index in [2.05, 4.69) is 4.98 Å². The van der Waals surface area contributed by atoms with Gasteiger partial charge in [-0.1, -0.05) is 23.9 Å². The highest BCUT2D eigenvalue weighted by molar-refractivity contribution is 7.99. The lowest BCUT2D eigenvalue weighted by molar-refractivity contribution is 0.102. The zero-order valence-electron chi connectivity index (χ0n) is 15.6. The number of carbonyl (C=O) groups is 1. The topological polar surface area (TPSA) is 122 Å². The number of aromatic nitrogens is 4. The number of hydrogen-bond donors (Lipinski definition) is 1. The minimum Gasteiger partial charge on any atom is -0.384 e. The Labute approximate surface area is 163 Å². The molecule has 0 aliphatic rings. The first-order valence-corrected chi connectivity index (χ1v) is 9.47. The molecule has 0 radical (unpaired) electrons. The molecule has 2 heterocycles. The Morgan fingerprint density at radius 2 is 1.79 bits per heavy atom. The lowest BCUT2D eigenvalue weighted by atomic mass is 10.2. The van der Waals surface area contributed by atoms with Crippen molar-refractivity contribution in [1.29, 1.82) is 0 Å². The zero-order valence-corrected chi connectivity index (χ0v) is 16.4. The molecule has 3 rings (SSSR count). The summed E-state index contributed by atoms with van der Waals surface area (Å²) in [7, 11) is 2.67. The zero-order chi connectivity index (χ0) is 20.6. The third-order valence-electron chi connectivity index (χ3n) is 4.46. The highest BCUT2D eigenvalue weighted by Crippen LogP contribution is 2.19. The van der Waals surface area contributed by atoms with Gasteiger partial charge in [-0.25, -0.2) is 9.78 Å². The number of benzene rings is 1. The Kier molecular flexibility index (Phi) is 5.23. The van der Waals surface area contributed by atoms with Crippen LogP contribution in [0.5, 0.6) is 0 Å². The van der Waals surface area contributed by atoms with Crippen LogP contribution in [0.25, 0.3) is 10.9 Å². The fourth-order valence-electron chi connectivity index (χ4n) is 2.86. The highest BCUT2D eigenvalue weighted by Gasteiger charge is 2.21. The van der Waals surface area contributed by atoms with Crippen LogP contribution in [-0.2, 0) is 20.6 Å². The molecule has 2 aromatic heterocycles. The van der Waals surface area contributed by atoms with Gasteiger partial charge in [0.25, 0.3) is 11.1 Å². The van der Waals surface area contributed by atoms with Gasteiger partial charge in [0.1, 0.15) is 11.4 Å². The number of ketones is 1. The molecule has 28 heavy (non-hydrogen) atoms. The van der Waals surface area contributed by atoms with Crippen molar-refractivity contribution in [3.8, 4) is 0 Å². The van der Waals surface area contributed by atoms with Gasteiger partial charge in [0, 0.05) is 20.6 Å². The third-order valence-corrected chi connectivity index (χ3v) is 5.44. The second kappa shape index (κ2) is 7.47. The maximum atomic E-state index is 12.7. The van der Waals surface area contributed by atoms with Crippen LogP contribution in [0.4, 0.5) is 5.82 Å². The lowest BCUT2D eigenvalue weighted by Crippen LogP contribution is -2.41. The Morgan fingerprint density at radius 3 is 2.46 bits per heavy atom. The van der Waals surface area contributed by atoms with E-state index in [-0.39, 0.29) is 22.7 Å². The summed E-state index contributed by atoms with van der Waals surface area (Å²) in [5.41, 5.74) is 4.56. The van der Waals surface area contributed by atoms with Crippen molar-refractivity contribution in [2.75, 3.05) is 11.5 Å². The third kappa shape index (κ3) is 3.15. The molecule has 10 heteroatoms. The number of thioether (sulfide) groups is 1. The number of Topliss-reactive ketones (excluding diaryl/α,β-unsaturated/α-hetero) is 1. The second-order valence-electron chi connectivity index (χ2n) is 6.14. The molecule has 0 aliphatic heterocycles. The van der Waals surface area contributed by atoms with E-state index in [4.69, 9.17) is 5.73 Å². The Morgan fingerprint density at radius 1 is 1.11 bits per heavy atom. The summed E-state index contributed by atoms with van der Waals surface area (Å²) < 4.78 is 3.36. The highest BCUT2D eigenvalue weighted by atomic mass is 32.2. The number of fused-ring (bicyclic) bond motifs is 1. The Balaban J connectivity index is 2.00. The monoisotopic (exact) mass is 401 g/mol. The minimum absolute atomic E-state index is 0.150. The standard InChI is InChI=1S/C18H19N5O4S/c1-4-23-15(25)10-7-5-6-8-11(10)20-17(23)28-9-12(24)13-14(19)21(2)18(27)22(3)16(13)26/h5-8H,4,9,19H2,1-3H3. The SMILES string of the molecule is CCn1c(SCC(=O)c2c(N)n(C)c(=O)n(C)c2=O)nc2ccccc2c1=O. The maximum Gasteiger partial charge on any atom is 0.332 e. The summed E-state index contributed by atoms with van der Waals surface area (Å²) in [5.74, 6) is -0.871. The normalized spacial score (nSPS) is 11.1. The molecule has 0 saturated heterocycles. The van der Waals surface area contributed by atoms with E-state index in [0.29, 0.717) is 22.6 Å². The molecular formula is C18H19N5O4S. The van der Waals surface area contributed by atoms with Gasteiger partial charge in [0.2, 0.25) is 0 Å². The molecule has 0 saturated carbocycles. The minimum atomic E-state index is -0.745. The Bertz CT molecular complexity index is 1270. The number of hydrogen-bond acceptors (Lipinski definition) is 7. The molecule has 0 bridgehead atoms. The molecule has 146 valence electrons. The van der Waals surface area contributed by atoms with Crippen molar-refractivity contribution in [3.63, 3.8) is 0 Å². The number of nitrogens with two attached hydrogens (primary N) is 1. The second-order valence-corrected chi connectivity index (χ2v) is 7.08. The largest absolute Gasteiger partial charge is 0.384 e. The van der Waals surface area contributed by atoms with E-state index in [9.17, 15) is 19.2 Å². The molecule has 9 nitrogen and oxygen atoms in total. The molecule has 0 fully saturated rings. The van der Waals surface area contributed by atoms with Crippen LogP contribution in [0.3, 0.4) is 0 Å². The van der Waals surface area contributed by atoms with E-state index >= 15 is 0 Å². The first-order chi connectivity index (χ1) is 13.3. The average Bonchev–Trinajstić information content (AvgIpc) is 2.69. The molecule has 0 atom stereocenters. The van der Waals surface area contributed by atoms with Crippen LogP contribution in [0.2, 0.25) is 0 Å². The van der Waals surface area contributed by atoms with E-state index < -0.39 is 17.0 Å². The van der Waals surface area contributed by atoms with Gasteiger partial charge >= 0.3 is 5.69 Å². The van der Waals surface area contributed by atoms with Gasteiger partial charge in [-0.05, 0) is 19.1 Å². The molecule has 2 N–H and O–H groups in total. The molecule has 1 aromatic carbocycles. The molecule has 0 aliphatic carbocycles. The van der Waals surface area contributed by atoms with E-state index in [0.717, 1.165) is 20.9 Å². The molecule has 0 spiro atoms. The Hall–Kier alpha value is -3.14. The van der Waals surface area contributed by atoms with Gasteiger partial charge in [0.05, 0.1) is 16.7 Å². The predicted octanol–water partition coefficient (Wildman–Crippen LogP) is 0.371. The van der Waals surface area contributed by atoms with E-state index in [1.54, 1.807) is 24.3 Å². The first kappa shape index (κ1) is 19.6. The van der Waals surface area contributed by atoms with Crippen LogP contribution in [-0.4, -0.2) is 30.2 Å². The van der Waals surface area contributed by atoms with E-state index in [1.807, 2.05) is 6.92 Å². The van der Waals surface area contributed by atoms with Crippen molar-refractivity contribution in [2.45, 2.75) is 18.6 Å². The summed E-state index contributed by atoms with van der Waals surface area (Å²) in [6.07, 6.45) is 0. The fourth-order valence-corrected chi connectivity index (χ4v) is 3.80. The maximum absolute atomic E-state index is 12.7. The lowest BCUT2D eigenvalue weighted by Gasteiger charge is -2.12. The first-order valence-electron chi connectivity index (χ1n) is 8.49. The van der Waals surface area contributed by atoms with Crippen LogP contribution in [0.1, 0.15) is 17.3 Å². The van der Waals surface area contributed by atoms with Gasteiger partial charge < -0.3 is 5.73 Å². The summed E-state index contributed by atoms with van der Waals surface area (Å²) in [5, 5.41) is 0.871. The van der Waals surface area contributed by atoms with Crippen LogP contribution >= 0.6 is 11.8 Å². The number of anilines is 1. The smallest absolute Gasteiger partial charge is 0.332 e. The van der Waals surface area contributed by atoms with Gasteiger partial charge in [-0.2, -0.15) is 0 Å². The summed E-state index contributed by atoms with van der Waals surface area (Å²) in [6, 6.07) is 6.97. The van der Waals surface area contributed by atoms with Crippen molar-refractivity contribution < 1.29 is 4.79 Å². The van der Waals surface area contributed by atoms with Crippen molar-refractivity contribution in [3.05, 3.63) is 61.0 Å². The van der Waals surface area contributed by atoms with Crippen molar-refractivity contribution >= 4 is 34.3 Å². The number of rotatable bonds is 5. The van der Waals surface area contributed by atoms with Gasteiger partial charge in [-0.3, -0.25) is 28.1 Å². The van der Waals surface area contributed by atoms with Crippen molar-refractivity contribution in [2.24, 2.45) is 14.1 Å². The quantitative estimate of drug-likeness (QED) is 0.372. The van der Waals surface area contributed by atoms with Gasteiger partial charge in [-0.15, -0.1) is 0 Å². The summed E-state index contributed by atoms with van der Waals surface area (Å²) >= 11 is 1.05. The average molecular weight is 401 g/mol. The number of nitrogen functional groups attached to an aromatic ring is 1. The predicted molar refractivity (Wildman–Crippen MR) is 108 cm³/mol. The number of carbonyl (C=O) groups excluding carboxylic acids is 1. The molecule has 0 unspecified atom stereocenters.